The van der Waals surface area contributed by atoms with Crippen molar-refractivity contribution in [2.24, 2.45) is 0 Å². The molecule has 0 spiro atoms. The molecule has 27 heavy (non-hydrogen) atoms. The van der Waals surface area contributed by atoms with E-state index in [2.05, 4.69) is 15.3 Å². The first-order valence-electron chi connectivity index (χ1n) is 8.55. The van der Waals surface area contributed by atoms with Crippen molar-refractivity contribution in [1.82, 2.24) is 9.97 Å². The van der Waals surface area contributed by atoms with Gasteiger partial charge in [0.05, 0.1) is 25.8 Å². The van der Waals surface area contributed by atoms with Crippen LogP contribution in [0.5, 0.6) is 0 Å². The molecule has 1 aromatic heterocycles. The third-order valence-corrected chi connectivity index (χ3v) is 4.11. The molecule has 1 aliphatic heterocycles. The van der Waals surface area contributed by atoms with Crippen LogP contribution in [0.4, 0.5) is 26.2 Å². The molecule has 1 aromatic carbocycles. The third-order valence-electron chi connectivity index (χ3n) is 4.11. The molecule has 0 saturated carbocycles. The highest BCUT2D eigenvalue weighted by molar-refractivity contribution is 5.94. The molecule has 144 valence electrons. The number of hydrogen-bond donors (Lipinski definition) is 1. The predicted molar refractivity (Wildman–Crippen MR) is 98.1 cm³/mol. The first kappa shape index (κ1) is 19.0. The number of rotatable bonds is 5. The Labute approximate surface area is 156 Å². The number of carbonyl (C=O) groups excluding carboxylic acids is 1. The molecule has 0 bridgehead atoms. The highest BCUT2D eigenvalue weighted by Gasteiger charge is 2.18. The van der Waals surface area contributed by atoms with Gasteiger partial charge in [-0.3, -0.25) is 4.79 Å². The van der Waals surface area contributed by atoms with Gasteiger partial charge in [-0.1, -0.05) is 6.07 Å². The summed E-state index contributed by atoms with van der Waals surface area (Å²) in [6.07, 6.45) is 1.32. The van der Waals surface area contributed by atoms with Crippen molar-refractivity contribution in [3.8, 4) is 0 Å². The van der Waals surface area contributed by atoms with E-state index in [0.717, 1.165) is 12.1 Å². The Kier molecular flexibility index (Phi) is 5.80. The maximum Gasteiger partial charge on any atom is 0.229 e. The summed E-state index contributed by atoms with van der Waals surface area (Å²) in [5, 5.41) is 2.70. The Balaban J connectivity index is 1.75. The van der Waals surface area contributed by atoms with Gasteiger partial charge in [-0.25, -0.2) is 13.8 Å². The summed E-state index contributed by atoms with van der Waals surface area (Å²) in [7, 11) is 3.61. The number of aromatic nitrogens is 2. The summed E-state index contributed by atoms with van der Waals surface area (Å²) in [6.45, 7) is 2.62. The molecule has 1 N–H and O–H groups in total. The Bertz CT molecular complexity index is 825. The van der Waals surface area contributed by atoms with Gasteiger partial charge in [0.2, 0.25) is 11.9 Å². The predicted octanol–water partition coefficient (Wildman–Crippen LogP) is 1.84. The van der Waals surface area contributed by atoms with Crippen LogP contribution >= 0.6 is 0 Å². The van der Waals surface area contributed by atoms with Crippen molar-refractivity contribution < 1.29 is 18.3 Å². The zero-order valence-corrected chi connectivity index (χ0v) is 15.2. The lowest BCUT2D eigenvalue weighted by Gasteiger charge is -2.28. The second-order valence-corrected chi connectivity index (χ2v) is 6.36. The number of hydrogen-bond acceptors (Lipinski definition) is 6. The topological polar surface area (TPSA) is 70.6 Å². The molecule has 0 radical (unpaired) electrons. The summed E-state index contributed by atoms with van der Waals surface area (Å²) in [5.74, 6) is -0.772. The molecule has 1 fully saturated rings. The molecule has 7 nitrogen and oxygen atoms in total. The monoisotopic (exact) mass is 377 g/mol. The van der Waals surface area contributed by atoms with E-state index in [1.807, 2.05) is 4.90 Å². The molecule has 1 aliphatic rings. The summed E-state index contributed by atoms with van der Waals surface area (Å²) < 4.78 is 32.1. The van der Waals surface area contributed by atoms with Crippen LogP contribution in [-0.4, -0.2) is 56.3 Å². The second kappa shape index (κ2) is 8.26. The summed E-state index contributed by atoms with van der Waals surface area (Å²) in [4.78, 5) is 24.9. The van der Waals surface area contributed by atoms with Crippen molar-refractivity contribution in [3.63, 3.8) is 0 Å². The zero-order chi connectivity index (χ0) is 19.4. The number of benzene rings is 1. The highest BCUT2D eigenvalue weighted by Crippen LogP contribution is 2.24. The molecule has 3 rings (SSSR count). The van der Waals surface area contributed by atoms with Gasteiger partial charge in [-0.2, -0.15) is 4.98 Å². The molecule has 0 atom stereocenters. The van der Waals surface area contributed by atoms with Gasteiger partial charge in [0.1, 0.15) is 17.3 Å². The van der Waals surface area contributed by atoms with E-state index in [4.69, 9.17) is 4.74 Å². The van der Waals surface area contributed by atoms with Gasteiger partial charge in [0, 0.05) is 33.3 Å². The number of morpholine rings is 1. The van der Waals surface area contributed by atoms with E-state index >= 15 is 0 Å². The Morgan fingerprint density at radius 3 is 2.70 bits per heavy atom. The first-order chi connectivity index (χ1) is 12.9. The van der Waals surface area contributed by atoms with Gasteiger partial charge in [-0.15, -0.1) is 0 Å². The lowest BCUT2D eigenvalue weighted by atomic mass is 10.1. The quantitative estimate of drug-likeness (QED) is 0.858. The van der Waals surface area contributed by atoms with E-state index in [9.17, 15) is 13.6 Å². The molecule has 9 heteroatoms. The number of halogens is 2. The lowest BCUT2D eigenvalue weighted by Crippen LogP contribution is -2.37. The van der Waals surface area contributed by atoms with Gasteiger partial charge in [-0.05, 0) is 11.6 Å². The second-order valence-electron chi connectivity index (χ2n) is 6.36. The molecule has 0 aliphatic carbocycles. The number of amides is 1. The van der Waals surface area contributed by atoms with E-state index in [1.165, 1.54) is 12.3 Å². The fraction of sp³-hybridized carbons (Fsp3) is 0.389. The molecular weight excluding hydrogens is 356 g/mol. The van der Waals surface area contributed by atoms with Gasteiger partial charge < -0.3 is 19.9 Å². The van der Waals surface area contributed by atoms with Crippen LogP contribution in [0.1, 0.15) is 5.56 Å². The minimum absolute atomic E-state index is 0.117. The molecule has 0 unspecified atom stereocenters. The van der Waals surface area contributed by atoms with E-state index in [1.54, 1.807) is 19.0 Å². The fourth-order valence-corrected chi connectivity index (χ4v) is 2.74. The molecular formula is C18H21F2N5O2. The number of carbonyl (C=O) groups is 1. The van der Waals surface area contributed by atoms with Crippen molar-refractivity contribution in [2.45, 2.75) is 6.42 Å². The van der Waals surface area contributed by atoms with Crippen molar-refractivity contribution in [1.29, 1.82) is 0 Å². The average Bonchev–Trinajstić information content (AvgIpc) is 2.65. The number of ether oxygens (including phenoxy) is 1. The van der Waals surface area contributed by atoms with Gasteiger partial charge in [0.25, 0.3) is 0 Å². The molecule has 1 saturated heterocycles. The van der Waals surface area contributed by atoms with E-state index < -0.39 is 17.5 Å². The number of nitrogens with zero attached hydrogens (tertiary/aromatic N) is 4. The number of nitrogens with one attached hydrogen (secondary N) is 1. The SMILES string of the molecule is CN(C)c1nc(N2CCOCC2)ncc1NC(=O)Cc1ccc(F)cc1F. The standard InChI is InChI=1S/C18H21F2N5O2/c1-24(2)17-15(11-21-18(23-17)25-5-7-27-8-6-25)22-16(26)9-12-3-4-13(19)10-14(12)20/h3-4,10-11H,5-9H2,1-2H3,(H,22,26). The summed E-state index contributed by atoms with van der Waals surface area (Å²) in [6, 6.07) is 3.14. The van der Waals surface area contributed by atoms with Crippen LogP contribution in [0.2, 0.25) is 0 Å². The van der Waals surface area contributed by atoms with Crippen LogP contribution < -0.4 is 15.1 Å². The van der Waals surface area contributed by atoms with Gasteiger partial charge in [0.15, 0.2) is 5.82 Å². The van der Waals surface area contributed by atoms with Crippen LogP contribution in [-0.2, 0) is 16.0 Å². The third kappa shape index (κ3) is 4.68. The summed E-state index contributed by atoms with van der Waals surface area (Å²) >= 11 is 0. The largest absolute Gasteiger partial charge is 0.378 e. The van der Waals surface area contributed by atoms with E-state index in [-0.39, 0.29) is 12.0 Å². The minimum Gasteiger partial charge on any atom is -0.378 e. The van der Waals surface area contributed by atoms with Crippen molar-refractivity contribution >= 4 is 23.4 Å². The van der Waals surface area contributed by atoms with Gasteiger partial charge >= 0.3 is 0 Å². The molecule has 2 aromatic rings. The molecule has 2 heterocycles. The van der Waals surface area contributed by atoms with Crippen molar-refractivity contribution in [3.05, 3.63) is 41.6 Å². The van der Waals surface area contributed by atoms with Crippen LogP contribution in [0.25, 0.3) is 0 Å². The first-order valence-corrected chi connectivity index (χ1v) is 8.55. The maximum atomic E-state index is 13.7. The Morgan fingerprint density at radius 1 is 1.30 bits per heavy atom. The van der Waals surface area contributed by atoms with Crippen LogP contribution in [0, 0.1) is 11.6 Å². The Morgan fingerprint density at radius 2 is 2.04 bits per heavy atom. The van der Waals surface area contributed by atoms with E-state index in [0.29, 0.717) is 43.8 Å². The molecule has 1 amide bonds. The maximum absolute atomic E-state index is 13.7. The van der Waals surface area contributed by atoms with Crippen molar-refractivity contribution in [2.75, 3.05) is 55.5 Å². The smallest absolute Gasteiger partial charge is 0.229 e. The average molecular weight is 377 g/mol. The highest BCUT2D eigenvalue weighted by atomic mass is 19.1. The zero-order valence-electron chi connectivity index (χ0n) is 15.2. The summed E-state index contributed by atoms with van der Waals surface area (Å²) in [5.41, 5.74) is 0.538. The minimum atomic E-state index is -0.753. The van der Waals surface area contributed by atoms with Crippen LogP contribution in [0.15, 0.2) is 24.4 Å². The normalized spacial score (nSPS) is 14.1. The number of anilines is 3. The lowest BCUT2D eigenvalue weighted by molar-refractivity contribution is -0.115. The van der Waals surface area contributed by atoms with Crippen LogP contribution in [0.3, 0.4) is 0 Å². The Hall–Kier alpha value is -2.81. The fourth-order valence-electron chi connectivity index (χ4n) is 2.74.